The van der Waals surface area contributed by atoms with Gasteiger partial charge in [0.15, 0.2) is 0 Å². The van der Waals surface area contributed by atoms with Crippen molar-refractivity contribution in [3.8, 4) is 0 Å². The molecular weight excluding hydrogens is 270 g/mol. The van der Waals surface area contributed by atoms with Gasteiger partial charge in [-0.25, -0.2) is 9.97 Å². The molecule has 2 aromatic rings. The summed E-state index contributed by atoms with van der Waals surface area (Å²) in [6.45, 7) is 1.76. The molecule has 0 aliphatic carbocycles. The number of hydrogen-bond acceptors (Lipinski definition) is 4. The SMILES string of the molecule is Brc1cnc(NCCCn2cccn2)cn1. The van der Waals surface area contributed by atoms with Crippen LogP contribution in [-0.4, -0.2) is 26.3 Å². The highest BCUT2D eigenvalue weighted by Gasteiger charge is 1.95. The third kappa shape index (κ3) is 3.30. The molecule has 0 amide bonds. The molecule has 84 valence electrons. The fourth-order valence-corrected chi connectivity index (χ4v) is 1.50. The molecule has 0 unspecified atom stereocenters. The first-order valence-corrected chi connectivity index (χ1v) is 5.83. The van der Waals surface area contributed by atoms with E-state index in [0.29, 0.717) is 0 Å². The summed E-state index contributed by atoms with van der Waals surface area (Å²) in [6.07, 6.45) is 8.13. The molecule has 0 spiro atoms. The Bertz CT molecular complexity index is 411. The second-order valence-corrected chi connectivity index (χ2v) is 4.09. The lowest BCUT2D eigenvalue weighted by atomic mass is 10.4. The molecule has 16 heavy (non-hydrogen) atoms. The van der Waals surface area contributed by atoms with E-state index in [-0.39, 0.29) is 0 Å². The van der Waals surface area contributed by atoms with Gasteiger partial charge in [-0.1, -0.05) is 0 Å². The van der Waals surface area contributed by atoms with Crippen molar-refractivity contribution in [2.24, 2.45) is 0 Å². The highest BCUT2D eigenvalue weighted by molar-refractivity contribution is 9.10. The van der Waals surface area contributed by atoms with Crippen LogP contribution < -0.4 is 5.32 Å². The van der Waals surface area contributed by atoms with Crippen LogP contribution in [0.25, 0.3) is 0 Å². The zero-order chi connectivity index (χ0) is 11.2. The molecule has 2 heterocycles. The molecule has 6 heteroatoms. The Balaban J connectivity index is 1.70. The van der Waals surface area contributed by atoms with E-state index >= 15 is 0 Å². The van der Waals surface area contributed by atoms with Gasteiger partial charge in [-0.05, 0) is 28.4 Å². The zero-order valence-corrected chi connectivity index (χ0v) is 10.3. The Kier molecular flexibility index (Phi) is 3.87. The summed E-state index contributed by atoms with van der Waals surface area (Å²) in [7, 11) is 0. The van der Waals surface area contributed by atoms with Crippen molar-refractivity contribution >= 4 is 21.7 Å². The van der Waals surface area contributed by atoms with Crippen molar-refractivity contribution in [3.05, 3.63) is 35.5 Å². The Morgan fingerprint density at radius 2 is 2.25 bits per heavy atom. The van der Waals surface area contributed by atoms with Gasteiger partial charge < -0.3 is 5.32 Å². The average molecular weight is 282 g/mol. The van der Waals surface area contributed by atoms with E-state index in [1.54, 1.807) is 18.6 Å². The van der Waals surface area contributed by atoms with Gasteiger partial charge in [-0.15, -0.1) is 0 Å². The van der Waals surface area contributed by atoms with Crippen molar-refractivity contribution in [1.82, 2.24) is 19.7 Å². The van der Waals surface area contributed by atoms with Gasteiger partial charge in [0.1, 0.15) is 10.4 Å². The number of hydrogen-bond donors (Lipinski definition) is 1. The fraction of sp³-hybridized carbons (Fsp3) is 0.300. The van der Waals surface area contributed by atoms with Crippen LogP contribution in [0.3, 0.4) is 0 Å². The summed E-state index contributed by atoms with van der Waals surface area (Å²) in [6, 6.07) is 1.92. The lowest BCUT2D eigenvalue weighted by Crippen LogP contribution is -2.08. The highest BCUT2D eigenvalue weighted by atomic mass is 79.9. The molecule has 1 N–H and O–H groups in total. The van der Waals surface area contributed by atoms with Crippen LogP contribution in [0.1, 0.15) is 6.42 Å². The van der Waals surface area contributed by atoms with Crippen LogP contribution >= 0.6 is 15.9 Å². The van der Waals surface area contributed by atoms with Crippen molar-refractivity contribution in [2.75, 3.05) is 11.9 Å². The quantitative estimate of drug-likeness (QED) is 0.851. The number of aryl methyl sites for hydroxylation is 1. The zero-order valence-electron chi connectivity index (χ0n) is 8.67. The number of anilines is 1. The minimum Gasteiger partial charge on any atom is -0.369 e. The maximum Gasteiger partial charge on any atom is 0.144 e. The van der Waals surface area contributed by atoms with Gasteiger partial charge in [0, 0.05) is 25.5 Å². The van der Waals surface area contributed by atoms with E-state index in [9.17, 15) is 0 Å². The Labute approximate surface area is 102 Å². The summed E-state index contributed by atoms with van der Waals surface area (Å²) in [5.74, 6) is 0.795. The first kappa shape index (κ1) is 11.1. The van der Waals surface area contributed by atoms with Crippen LogP contribution in [0.2, 0.25) is 0 Å². The van der Waals surface area contributed by atoms with Crippen molar-refractivity contribution in [3.63, 3.8) is 0 Å². The summed E-state index contributed by atoms with van der Waals surface area (Å²) in [5, 5.41) is 7.33. The van der Waals surface area contributed by atoms with Gasteiger partial charge in [-0.3, -0.25) is 4.68 Å². The minimum absolute atomic E-state index is 0.745. The Hall–Kier alpha value is -1.43. The highest BCUT2D eigenvalue weighted by Crippen LogP contribution is 2.05. The van der Waals surface area contributed by atoms with E-state index in [1.807, 2.05) is 16.9 Å². The van der Waals surface area contributed by atoms with E-state index in [1.165, 1.54) is 0 Å². The normalized spacial score (nSPS) is 10.3. The lowest BCUT2D eigenvalue weighted by Gasteiger charge is -2.04. The number of nitrogens with zero attached hydrogens (tertiary/aromatic N) is 4. The van der Waals surface area contributed by atoms with E-state index < -0.39 is 0 Å². The standard InChI is InChI=1S/C10H12BrN5/c11-9-7-14-10(8-13-9)12-3-1-5-16-6-2-4-15-16/h2,4,6-8H,1,3,5H2,(H,12,14). The number of halogens is 1. The topological polar surface area (TPSA) is 55.6 Å². The molecule has 0 saturated heterocycles. The largest absolute Gasteiger partial charge is 0.369 e. The molecule has 2 aromatic heterocycles. The first-order chi connectivity index (χ1) is 7.84. The Morgan fingerprint density at radius 1 is 1.31 bits per heavy atom. The second-order valence-electron chi connectivity index (χ2n) is 3.27. The van der Waals surface area contributed by atoms with Crippen LogP contribution in [0.15, 0.2) is 35.5 Å². The number of aromatic nitrogens is 4. The van der Waals surface area contributed by atoms with Crippen molar-refractivity contribution in [1.29, 1.82) is 0 Å². The molecule has 0 aliphatic heterocycles. The summed E-state index contributed by atoms with van der Waals surface area (Å²) < 4.78 is 2.66. The third-order valence-corrected chi connectivity index (χ3v) is 2.46. The Morgan fingerprint density at radius 3 is 2.94 bits per heavy atom. The summed E-state index contributed by atoms with van der Waals surface area (Å²) in [4.78, 5) is 8.25. The van der Waals surface area contributed by atoms with Crippen LogP contribution in [-0.2, 0) is 6.54 Å². The summed E-state index contributed by atoms with van der Waals surface area (Å²) >= 11 is 3.24. The maximum atomic E-state index is 4.17. The van der Waals surface area contributed by atoms with Crippen molar-refractivity contribution < 1.29 is 0 Å². The minimum atomic E-state index is 0.745. The molecule has 0 saturated carbocycles. The van der Waals surface area contributed by atoms with Gasteiger partial charge >= 0.3 is 0 Å². The van der Waals surface area contributed by atoms with Gasteiger partial charge in [0.05, 0.1) is 12.4 Å². The second kappa shape index (κ2) is 5.60. The molecule has 0 fully saturated rings. The van der Waals surface area contributed by atoms with Crippen LogP contribution in [0, 0.1) is 0 Å². The smallest absolute Gasteiger partial charge is 0.144 e. The monoisotopic (exact) mass is 281 g/mol. The number of nitrogens with one attached hydrogen (secondary N) is 1. The molecule has 0 atom stereocenters. The van der Waals surface area contributed by atoms with E-state index in [4.69, 9.17) is 0 Å². The maximum absolute atomic E-state index is 4.17. The third-order valence-electron chi connectivity index (χ3n) is 2.05. The lowest BCUT2D eigenvalue weighted by molar-refractivity contribution is 0.591. The van der Waals surface area contributed by atoms with Gasteiger partial charge in [0.25, 0.3) is 0 Å². The van der Waals surface area contributed by atoms with E-state index in [0.717, 1.165) is 29.9 Å². The molecule has 2 rings (SSSR count). The van der Waals surface area contributed by atoms with Gasteiger partial charge in [-0.2, -0.15) is 5.10 Å². The van der Waals surface area contributed by atoms with Crippen molar-refractivity contribution in [2.45, 2.75) is 13.0 Å². The summed E-state index contributed by atoms with van der Waals surface area (Å²) in [5.41, 5.74) is 0. The van der Waals surface area contributed by atoms with Crippen LogP contribution in [0.5, 0.6) is 0 Å². The molecule has 0 aliphatic rings. The van der Waals surface area contributed by atoms with Gasteiger partial charge in [0.2, 0.25) is 0 Å². The molecule has 0 aromatic carbocycles. The van der Waals surface area contributed by atoms with E-state index in [2.05, 4.69) is 36.3 Å². The molecule has 0 radical (unpaired) electrons. The molecule has 5 nitrogen and oxygen atoms in total. The fourth-order valence-electron chi connectivity index (χ4n) is 1.29. The predicted molar refractivity (Wildman–Crippen MR) is 65.1 cm³/mol. The molecule has 0 bridgehead atoms. The average Bonchev–Trinajstić information content (AvgIpc) is 2.80. The van der Waals surface area contributed by atoms with Crippen LogP contribution in [0.4, 0.5) is 5.82 Å². The molecular formula is C10H12BrN5. The number of rotatable bonds is 5. The first-order valence-electron chi connectivity index (χ1n) is 5.03. The predicted octanol–water partition coefficient (Wildman–Crippen LogP) is 1.94.